The summed E-state index contributed by atoms with van der Waals surface area (Å²) in [6, 6.07) is 58.3. The van der Waals surface area contributed by atoms with Gasteiger partial charge in [-0.15, -0.1) is 0 Å². The van der Waals surface area contributed by atoms with Gasteiger partial charge in [0.25, 0.3) is 0 Å². The molecule has 0 radical (unpaired) electrons. The van der Waals surface area contributed by atoms with Crippen LogP contribution in [0, 0.1) is 0 Å². The molecule has 0 aliphatic heterocycles. The van der Waals surface area contributed by atoms with E-state index in [1.54, 1.807) is 0 Å². The number of hydrogen-bond acceptors (Lipinski definition) is 1. The minimum Gasteiger partial charge on any atom is -0.456 e. The Morgan fingerprint density at radius 2 is 1.02 bits per heavy atom. The van der Waals surface area contributed by atoms with Crippen LogP contribution in [0.3, 0.4) is 0 Å². The summed E-state index contributed by atoms with van der Waals surface area (Å²) in [5.41, 5.74) is 12.0. The monoisotopic (exact) mass is 636 g/mol. The number of hydrogen-bond donors (Lipinski definition) is 0. The number of benzene rings is 9. The van der Waals surface area contributed by atoms with Crippen LogP contribution in [-0.2, 0) is 5.41 Å². The van der Waals surface area contributed by atoms with Crippen molar-refractivity contribution in [2.45, 2.75) is 19.3 Å². The minimum atomic E-state index is -0.215. The fourth-order valence-electron chi connectivity index (χ4n) is 9.11. The van der Waals surface area contributed by atoms with Gasteiger partial charge in [0.15, 0.2) is 0 Å². The maximum atomic E-state index is 6.47. The lowest BCUT2D eigenvalue weighted by atomic mass is 9.78. The summed E-state index contributed by atoms with van der Waals surface area (Å²) in [5, 5.41) is 12.6. The number of fused-ring (bicyclic) bond motifs is 12. The van der Waals surface area contributed by atoms with Crippen LogP contribution >= 0.6 is 0 Å². The number of para-hydroxylation sites is 1. The van der Waals surface area contributed by atoms with Gasteiger partial charge in [0.2, 0.25) is 0 Å². The summed E-state index contributed by atoms with van der Waals surface area (Å²) in [5.74, 6) is 0. The van der Waals surface area contributed by atoms with Crippen LogP contribution < -0.4 is 0 Å². The molecule has 0 saturated heterocycles. The van der Waals surface area contributed by atoms with Crippen LogP contribution in [0.15, 0.2) is 162 Å². The van der Waals surface area contributed by atoms with E-state index in [4.69, 9.17) is 4.42 Å². The first kappa shape index (κ1) is 27.7. The third-order valence-corrected chi connectivity index (χ3v) is 11.4. The van der Waals surface area contributed by atoms with Gasteiger partial charge in [0.05, 0.1) is 0 Å². The molecule has 1 heteroatoms. The first-order chi connectivity index (χ1) is 24.5. The summed E-state index contributed by atoms with van der Waals surface area (Å²) < 4.78 is 6.47. The quantitative estimate of drug-likeness (QED) is 0.136. The molecule has 1 nitrogen and oxygen atoms in total. The molecule has 0 spiro atoms. The zero-order valence-corrected chi connectivity index (χ0v) is 27.9. The molecule has 10 aromatic rings. The van der Waals surface area contributed by atoms with Crippen molar-refractivity contribution in [3.8, 4) is 33.4 Å². The highest BCUT2D eigenvalue weighted by molar-refractivity contribution is 6.20. The van der Waals surface area contributed by atoms with E-state index < -0.39 is 0 Å². The number of rotatable bonds is 2. The van der Waals surface area contributed by atoms with E-state index in [2.05, 4.69) is 166 Å². The van der Waals surface area contributed by atoms with Crippen LogP contribution in [-0.4, -0.2) is 0 Å². The van der Waals surface area contributed by atoms with Gasteiger partial charge in [-0.3, -0.25) is 0 Å². The SMILES string of the molecule is CC1(C)c2cc(-c3c4ccccc4cc4c3ccc3ccccc34)cc(-c3ccc4c(c3)oc3ccccc34)c2-c2ccc3ccccc3c21. The average Bonchev–Trinajstić information content (AvgIpc) is 3.65. The molecule has 50 heavy (non-hydrogen) atoms. The summed E-state index contributed by atoms with van der Waals surface area (Å²) in [6.45, 7) is 4.82. The van der Waals surface area contributed by atoms with Crippen molar-refractivity contribution in [2.75, 3.05) is 0 Å². The zero-order valence-electron chi connectivity index (χ0n) is 27.9. The maximum Gasteiger partial charge on any atom is 0.136 e. The topological polar surface area (TPSA) is 13.1 Å². The molecule has 0 unspecified atom stereocenters. The minimum absolute atomic E-state index is 0.215. The molecule has 0 atom stereocenters. The van der Waals surface area contributed by atoms with Crippen LogP contribution in [0.1, 0.15) is 25.0 Å². The predicted octanol–water partition coefficient (Wildman–Crippen LogP) is 13.8. The Balaban J connectivity index is 1.28. The molecular formula is C49H32O. The van der Waals surface area contributed by atoms with Crippen molar-refractivity contribution in [3.63, 3.8) is 0 Å². The highest BCUT2D eigenvalue weighted by Crippen LogP contribution is 2.56. The Hall–Kier alpha value is -6.18. The normalized spacial score (nSPS) is 13.6. The highest BCUT2D eigenvalue weighted by Gasteiger charge is 2.39. The first-order valence-electron chi connectivity index (χ1n) is 17.5. The maximum absolute atomic E-state index is 6.47. The van der Waals surface area contributed by atoms with Gasteiger partial charge in [0.1, 0.15) is 11.2 Å². The first-order valence-corrected chi connectivity index (χ1v) is 17.5. The largest absolute Gasteiger partial charge is 0.456 e. The molecule has 1 aromatic heterocycles. The Labute approximate surface area is 290 Å². The second-order valence-corrected chi connectivity index (χ2v) is 14.4. The standard InChI is InChI=1S/C49H32O/c1-49(2)43-27-33(46-35-15-7-5-13-31(35)25-42-34-14-6-3-11-29(34)19-23-39(42)46)26-41(47(43)40-24-20-30-12-4-8-16-36(30)48(40)49)32-21-22-38-37-17-9-10-18-44(37)50-45(38)28-32/h3-28H,1-2H3. The van der Waals surface area contributed by atoms with E-state index in [1.165, 1.54) is 87.6 Å². The second-order valence-electron chi connectivity index (χ2n) is 14.4. The molecule has 0 fully saturated rings. The Bertz CT molecular complexity index is 3060. The molecule has 9 aromatic carbocycles. The summed E-state index contributed by atoms with van der Waals surface area (Å²) in [6.07, 6.45) is 0. The van der Waals surface area contributed by atoms with Crippen molar-refractivity contribution < 1.29 is 4.42 Å². The van der Waals surface area contributed by atoms with Gasteiger partial charge < -0.3 is 4.42 Å². The second kappa shape index (κ2) is 9.94. The van der Waals surface area contributed by atoms with Crippen LogP contribution in [0.2, 0.25) is 0 Å². The van der Waals surface area contributed by atoms with E-state index in [0.717, 1.165) is 21.9 Å². The van der Waals surface area contributed by atoms with E-state index in [9.17, 15) is 0 Å². The van der Waals surface area contributed by atoms with Crippen LogP contribution in [0.25, 0.3) is 98.4 Å². The Morgan fingerprint density at radius 1 is 0.380 bits per heavy atom. The fraction of sp³-hybridized carbons (Fsp3) is 0.0612. The van der Waals surface area contributed by atoms with Gasteiger partial charge in [-0.05, 0) is 124 Å². The fourth-order valence-corrected chi connectivity index (χ4v) is 9.11. The summed E-state index contributed by atoms with van der Waals surface area (Å²) in [4.78, 5) is 0. The third kappa shape index (κ3) is 3.72. The Morgan fingerprint density at radius 3 is 1.86 bits per heavy atom. The third-order valence-electron chi connectivity index (χ3n) is 11.4. The van der Waals surface area contributed by atoms with E-state index in [1.807, 2.05) is 6.07 Å². The summed E-state index contributed by atoms with van der Waals surface area (Å²) in [7, 11) is 0. The number of furan rings is 1. The summed E-state index contributed by atoms with van der Waals surface area (Å²) >= 11 is 0. The van der Waals surface area contributed by atoms with Gasteiger partial charge >= 0.3 is 0 Å². The molecule has 11 rings (SSSR count). The van der Waals surface area contributed by atoms with E-state index >= 15 is 0 Å². The van der Waals surface area contributed by atoms with Gasteiger partial charge in [-0.1, -0.05) is 135 Å². The van der Waals surface area contributed by atoms with Crippen molar-refractivity contribution >= 4 is 65.0 Å². The zero-order chi connectivity index (χ0) is 33.1. The van der Waals surface area contributed by atoms with E-state index in [0.29, 0.717) is 0 Å². The average molecular weight is 637 g/mol. The molecule has 0 N–H and O–H groups in total. The molecule has 1 aliphatic carbocycles. The molecule has 0 saturated carbocycles. The predicted molar refractivity (Wildman–Crippen MR) is 212 cm³/mol. The molecular weight excluding hydrogens is 605 g/mol. The van der Waals surface area contributed by atoms with Crippen LogP contribution in [0.5, 0.6) is 0 Å². The van der Waals surface area contributed by atoms with Gasteiger partial charge in [-0.2, -0.15) is 0 Å². The van der Waals surface area contributed by atoms with Crippen molar-refractivity contribution in [1.29, 1.82) is 0 Å². The van der Waals surface area contributed by atoms with Gasteiger partial charge in [0, 0.05) is 16.2 Å². The lowest BCUT2D eigenvalue weighted by Gasteiger charge is -2.25. The van der Waals surface area contributed by atoms with Crippen molar-refractivity contribution in [2.24, 2.45) is 0 Å². The van der Waals surface area contributed by atoms with Gasteiger partial charge in [-0.25, -0.2) is 0 Å². The smallest absolute Gasteiger partial charge is 0.136 e. The van der Waals surface area contributed by atoms with Crippen molar-refractivity contribution in [1.82, 2.24) is 0 Å². The molecule has 234 valence electrons. The van der Waals surface area contributed by atoms with E-state index in [-0.39, 0.29) is 5.41 Å². The lowest BCUT2D eigenvalue weighted by molar-refractivity contribution is 0.666. The Kier molecular flexibility index (Phi) is 5.51. The highest BCUT2D eigenvalue weighted by atomic mass is 16.3. The molecule has 0 bridgehead atoms. The molecule has 1 heterocycles. The lowest BCUT2D eigenvalue weighted by Crippen LogP contribution is -2.15. The van der Waals surface area contributed by atoms with Crippen LogP contribution in [0.4, 0.5) is 0 Å². The molecule has 1 aliphatic rings. The molecule has 0 amide bonds. The van der Waals surface area contributed by atoms with Crippen molar-refractivity contribution in [3.05, 3.63) is 169 Å².